The van der Waals surface area contributed by atoms with E-state index >= 15 is 0 Å². The first-order valence-electron chi connectivity index (χ1n) is 6.42. The van der Waals surface area contributed by atoms with Crippen LogP contribution in [0.4, 0.5) is 5.69 Å². The van der Waals surface area contributed by atoms with E-state index in [2.05, 4.69) is 21.2 Å². The second-order valence-corrected chi connectivity index (χ2v) is 6.09. The second kappa shape index (κ2) is 5.61. The van der Waals surface area contributed by atoms with E-state index in [1.807, 2.05) is 36.9 Å². The zero-order valence-electron chi connectivity index (χ0n) is 11.2. The molecule has 1 saturated heterocycles. The number of carbonyl (C=O) groups excluding carboxylic acids is 1. The standard InChI is InChI=1S/C14H19BrN2O2/c1-3-14(19)8-17(9-14)7-13(18)16-11-4-5-12(15)10(2)6-11/h4-6,19H,3,7-9H2,1-2H3,(H,16,18). The Hall–Kier alpha value is -0.910. The van der Waals surface area contributed by atoms with E-state index in [1.165, 1.54) is 0 Å². The molecule has 5 heteroatoms. The quantitative estimate of drug-likeness (QED) is 0.891. The molecule has 0 radical (unpaired) electrons. The molecule has 0 bridgehead atoms. The molecule has 0 aliphatic carbocycles. The van der Waals surface area contributed by atoms with Crippen molar-refractivity contribution in [3.63, 3.8) is 0 Å². The number of nitrogens with one attached hydrogen (secondary N) is 1. The number of anilines is 1. The van der Waals surface area contributed by atoms with Crippen LogP contribution in [0.5, 0.6) is 0 Å². The normalized spacial score (nSPS) is 17.9. The lowest BCUT2D eigenvalue weighted by atomic mass is 9.91. The number of aryl methyl sites for hydroxylation is 1. The van der Waals surface area contributed by atoms with Crippen molar-refractivity contribution >= 4 is 27.5 Å². The van der Waals surface area contributed by atoms with Gasteiger partial charge < -0.3 is 10.4 Å². The van der Waals surface area contributed by atoms with Crippen LogP contribution in [0.2, 0.25) is 0 Å². The number of rotatable bonds is 4. The fourth-order valence-corrected chi connectivity index (χ4v) is 2.49. The highest BCUT2D eigenvalue weighted by Gasteiger charge is 2.39. The van der Waals surface area contributed by atoms with Crippen LogP contribution in [-0.2, 0) is 4.79 Å². The fourth-order valence-electron chi connectivity index (χ4n) is 2.25. The zero-order valence-corrected chi connectivity index (χ0v) is 12.8. The monoisotopic (exact) mass is 326 g/mol. The van der Waals surface area contributed by atoms with Gasteiger partial charge >= 0.3 is 0 Å². The van der Waals surface area contributed by atoms with Crippen molar-refractivity contribution in [3.8, 4) is 0 Å². The van der Waals surface area contributed by atoms with Gasteiger partial charge in [-0.2, -0.15) is 0 Å². The van der Waals surface area contributed by atoms with Gasteiger partial charge in [-0.15, -0.1) is 0 Å². The lowest BCUT2D eigenvalue weighted by Crippen LogP contribution is -2.62. The van der Waals surface area contributed by atoms with E-state index in [0.29, 0.717) is 19.6 Å². The van der Waals surface area contributed by atoms with Gasteiger partial charge in [0.2, 0.25) is 5.91 Å². The Morgan fingerprint density at radius 2 is 2.21 bits per heavy atom. The number of benzene rings is 1. The molecule has 1 aromatic carbocycles. The lowest BCUT2D eigenvalue weighted by Gasteiger charge is -2.45. The fraction of sp³-hybridized carbons (Fsp3) is 0.500. The first-order chi connectivity index (χ1) is 8.92. The Balaban J connectivity index is 1.84. The summed E-state index contributed by atoms with van der Waals surface area (Å²) in [5, 5.41) is 12.8. The minimum atomic E-state index is -0.589. The number of nitrogens with zero attached hydrogens (tertiary/aromatic N) is 1. The zero-order chi connectivity index (χ0) is 14.0. The van der Waals surface area contributed by atoms with E-state index < -0.39 is 5.60 Å². The predicted octanol–water partition coefficient (Wildman–Crippen LogP) is 2.15. The van der Waals surface area contributed by atoms with Crippen molar-refractivity contribution in [1.82, 2.24) is 4.90 Å². The highest BCUT2D eigenvalue weighted by molar-refractivity contribution is 9.10. The number of aliphatic hydroxyl groups is 1. The molecule has 1 fully saturated rings. The topological polar surface area (TPSA) is 52.6 Å². The van der Waals surface area contributed by atoms with Crippen LogP contribution in [0.15, 0.2) is 22.7 Å². The summed E-state index contributed by atoms with van der Waals surface area (Å²) in [6, 6.07) is 5.72. The molecule has 1 amide bonds. The maximum atomic E-state index is 11.9. The highest BCUT2D eigenvalue weighted by atomic mass is 79.9. The van der Waals surface area contributed by atoms with Crippen molar-refractivity contribution in [1.29, 1.82) is 0 Å². The number of β-amino-alcohol motifs (C(OH)–C–C–N with tert-alkyl or cyclic N) is 1. The maximum absolute atomic E-state index is 11.9. The van der Waals surface area contributed by atoms with Gasteiger partial charge in [0.15, 0.2) is 0 Å². The Kier molecular flexibility index (Phi) is 4.28. The summed E-state index contributed by atoms with van der Waals surface area (Å²) in [5.41, 5.74) is 1.30. The van der Waals surface area contributed by atoms with Gasteiger partial charge in [-0.25, -0.2) is 0 Å². The van der Waals surface area contributed by atoms with E-state index in [9.17, 15) is 9.90 Å². The van der Waals surface area contributed by atoms with Crippen LogP contribution in [0.25, 0.3) is 0 Å². The molecule has 19 heavy (non-hydrogen) atoms. The van der Waals surface area contributed by atoms with Gasteiger partial charge in [0.25, 0.3) is 0 Å². The Morgan fingerprint density at radius 3 is 2.79 bits per heavy atom. The van der Waals surface area contributed by atoms with Crippen LogP contribution < -0.4 is 5.32 Å². The minimum Gasteiger partial charge on any atom is -0.387 e. The van der Waals surface area contributed by atoms with Gasteiger partial charge in [0.05, 0.1) is 12.1 Å². The van der Waals surface area contributed by atoms with Gasteiger partial charge in [-0.05, 0) is 37.1 Å². The number of hydrogen-bond donors (Lipinski definition) is 2. The SMILES string of the molecule is CCC1(O)CN(CC(=O)Nc2ccc(Br)c(C)c2)C1. The number of likely N-dealkylation sites (tertiary alicyclic amines) is 1. The molecule has 2 N–H and O–H groups in total. The van der Waals surface area contributed by atoms with Crippen molar-refractivity contribution in [3.05, 3.63) is 28.2 Å². The van der Waals surface area contributed by atoms with Gasteiger partial charge in [0.1, 0.15) is 0 Å². The lowest BCUT2D eigenvalue weighted by molar-refractivity contribution is -0.128. The second-order valence-electron chi connectivity index (χ2n) is 5.24. The van der Waals surface area contributed by atoms with E-state index in [1.54, 1.807) is 0 Å². The summed E-state index contributed by atoms with van der Waals surface area (Å²) in [6.07, 6.45) is 0.733. The number of amides is 1. The third-order valence-corrected chi connectivity index (χ3v) is 4.39. The molecule has 104 valence electrons. The minimum absolute atomic E-state index is 0.0418. The number of carbonyl (C=O) groups is 1. The maximum Gasteiger partial charge on any atom is 0.238 e. The van der Waals surface area contributed by atoms with Crippen molar-refractivity contribution in [2.75, 3.05) is 25.0 Å². The number of hydrogen-bond acceptors (Lipinski definition) is 3. The largest absolute Gasteiger partial charge is 0.387 e. The summed E-state index contributed by atoms with van der Waals surface area (Å²) >= 11 is 3.43. The van der Waals surface area contributed by atoms with Crippen LogP contribution >= 0.6 is 15.9 Å². The molecule has 1 aliphatic rings. The van der Waals surface area contributed by atoms with E-state index in [4.69, 9.17) is 0 Å². The first kappa shape index (κ1) is 14.5. The average molecular weight is 327 g/mol. The summed E-state index contributed by atoms with van der Waals surface area (Å²) in [4.78, 5) is 13.8. The molecule has 1 aromatic rings. The summed E-state index contributed by atoms with van der Waals surface area (Å²) in [5.74, 6) is -0.0418. The van der Waals surface area contributed by atoms with Crippen LogP contribution in [0.1, 0.15) is 18.9 Å². The predicted molar refractivity (Wildman–Crippen MR) is 79.2 cm³/mol. The molecule has 0 spiro atoms. The van der Waals surface area contributed by atoms with Crippen molar-refractivity contribution in [2.24, 2.45) is 0 Å². The molecular weight excluding hydrogens is 308 g/mol. The molecule has 0 saturated carbocycles. The summed E-state index contributed by atoms with van der Waals surface area (Å²) in [7, 11) is 0. The molecule has 1 heterocycles. The molecular formula is C14H19BrN2O2. The molecule has 0 aromatic heterocycles. The first-order valence-corrected chi connectivity index (χ1v) is 7.22. The molecule has 1 aliphatic heterocycles. The Labute approximate surface area is 121 Å². The summed E-state index contributed by atoms with van der Waals surface area (Å²) in [6.45, 7) is 5.43. The smallest absolute Gasteiger partial charge is 0.238 e. The van der Waals surface area contributed by atoms with E-state index in [-0.39, 0.29) is 5.91 Å². The van der Waals surface area contributed by atoms with Gasteiger partial charge in [-0.1, -0.05) is 22.9 Å². The van der Waals surface area contributed by atoms with Gasteiger partial charge in [-0.3, -0.25) is 9.69 Å². The molecule has 0 unspecified atom stereocenters. The van der Waals surface area contributed by atoms with E-state index in [0.717, 1.165) is 22.1 Å². The average Bonchev–Trinajstić information content (AvgIpc) is 2.31. The third kappa shape index (κ3) is 3.55. The van der Waals surface area contributed by atoms with Crippen LogP contribution in [0.3, 0.4) is 0 Å². The molecule has 2 rings (SSSR count). The summed E-state index contributed by atoms with van der Waals surface area (Å²) < 4.78 is 1.03. The van der Waals surface area contributed by atoms with Crippen molar-refractivity contribution in [2.45, 2.75) is 25.9 Å². The third-order valence-electron chi connectivity index (χ3n) is 3.50. The number of halogens is 1. The van der Waals surface area contributed by atoms with Gasteiger partial charge in [0, 0.05) is 23.2 Å². The molecule has 0 atom stereocenters. The van der Waals surface area contributed by atoms with Crippen molar-refractivity contribution < 1.29 is 9.90 Å². The Bertz CT molecular complexity index is 484. The van der Waals surface area contributed by atoms with Crippen LogP contribution in [0, 0.1) is 6.92 Å². The molecule has 4 nitrogen and oxygen atoms in total. The van der Waals surface area contributed by atoms with Crippen LogP contribution in [-0.4, -0.2) is 41.1 Å². The highest BCUT2D eigenvalue weighted by Crippen LogP contribution is 2.24. The Morgan fingerprint density at radius 1 is 1.53 bits per heavy atom.